The molecule has 0 saturated heterocycles. The molecule has 1 aliphatic carbocycles. The van der Waals surface area contributed by atoms with Crippen molar-refractivity contribution in [3.63, 3.8) is 0 Å². The van der Waals surface area contributed by atoms with Gasteiger partial charge >= 0.3 is 0 Å². The Balaban J connectivity index is 2.48. The normalized spacial score (nSPS) is 20.1. The van der Waals surface area contributed by atoms with E-state index in [4.69, 9.17) is 11.6 Å². The molecule has 3 nitrogen and oxygen atoms in total. The van der Waals surface area contributed by atoms with Crippen LogP contribution in [0.3, 0.4) is 0 Å². The largest absolute Gasteiger partial charge is 0.244 e. The van der Waals surface area contributed by atoms with Gasteiger partial charge in [-0.15, -0.1) is 0 Å². The molecule has 1 aliphatic rings. The van der Waals surface area contributed by atoms with E-state index in [9.17, 15) is 5.26 Å². The quantitative estimate of drug-likeness (QED) is 0.645. The fourth-order valence-electron chi connectivity index (χ4n) is 2.16. The number of fused-ring (bicyclic) bond motifs is 3. The highest BCUT2D eigenvalue weighted by atomic mass is 79.9. The Kier molecular flexibility index (Phi) is 2.70. The van der Waals surface area contributed by atoms with Gasteiger partial charge in [0.15, 0.2) is 4.87 Å². The lowest BCUT2D eigenvalue weighted by atomic mass is 10.0. The van der Waals surface area contributed by atoms with Crippen molar-refractivity contribution in [2.75, 3.05) is 0 Å². The van der Waals surface area contributed by atoms with Crippen LogP contribution in [0.4, 0.5) is 0 Å². The number of alkyl halides is 1. The minimum atomic E-state index is -1.26. The van der Waals surface area contributed by atoms with Crippen LogP contribution in [-0.2, 0) is 4.87 Å². The Morgan fingerprint density at radius 2 is 2.06 bits per heavy atom. The third-order valence-corrected chi connectivity index (χ3v) is 4.42. The standard InChI is InChI=1S/C12H4Br2ClN3/c13-6-1-7-8-3-17-5-18-11(8)12(15,4-16)10(7)9(14)2-6/h1-3,5H. The number of halogens is 3. The lowest BCUT2D eigenvalue weighted by molar-refractivity contribution is 0.900. The summed E-state index contributed by atoms with van der Waals surface area (Å²) < 4.78 is 1.68. The van der Waals surface area contributed by atoms with Crippen molar-refractivity contribution in [2.24, 2.45) is 0 Å². The second-order valence-electron chi connectivity index (χ2n) is 3.87. The van der Waals surface area contributed by atoms with Crippen molar-refractivity contribution in [2.45, 2.75) is 4.87 Å². The average molecular weight is 385 g/mol. The lowest BCUT2D eigenvalue weighted by Crippen LogP contribution is -2.16. The van der Waals surface area contributed by atoms with Gasteiger partial charge in [-0.25, -0.2) is 9.97 Å². The molecular weight excluding hydrogens is 381 g/mol. The fourth-order valence-corrected chi connectivity index (χ4v) is 4.16. The Hall–Kier alpha value is -0.960. The maximum atomic E-state index is 9.44. The van der Waals surface area contributed by atoms with Crippen LogP contribution in [0.1, 0.15) is 11.3 Å². The molecule has 0 amide bonds. The zero-order valence-corrected chi connectivity index (χ0v) is 12.7. The van der Waals surface area contributed by atoms with Gasteiger partial charge in [0, 0.05) is 26.3 Å². The van der Waals surface area contributed by atoms with Gasteiger partial charge in [-0.3, -0.25) is 0 Å². The molecule has 3 rings (SSSR count). The summed E-state index contributed by atoms with van der Waals surface area (Å²) in [4.78, 5) is 6.91. The highest BCUT2D eigenvalue weighted by Gasteiger charge is 2.45. The second-order valence-corrected chi connectivity index (χ2v) is 6.20. The molecule has 2 aromatic rings. The first kappa shape index (κ1) is 12.1. The second kappa shape index (κ2) is 4.02. The van der Waals surface area contributed by atoms with Gasteiger partial charge in [-0.1, -0.05) is 43.5 Å². The zero-order valence-electron chi connectivity index (χ0n) is 8.78. The van der Waals surface area contributed by atoms with Crippen molar-refractivity contribution in [3.05, 3.63) is 44.9 Å². The summed E-state index contributed by atoms with van der Waals surface area (Å²) in [7, 11) is 0. The van der Waals surface area contributed by atoms with Crippen LogP contribution in [0.5, 0.6) is 0 Å². The van der Waals surface area contributed by atoms with E-state index in [-0.39, 0.29) is 0 Å². The Labute approximate surface area is 125 Å². The zero-order chi connectivity index (χ0) is 12.9. The molecule has 1 aromatic heterocycles. The Morgan fingerprint density at radius 1 is 1.28 bits per heavy atom. The van der Waals surface area contributed by atoms with Crippen LogP contribution < -0.4 is 0 Å². The highest BCUT2D eigenvalue weighted by molar-refractivity contribution is 9.11. The third kappa shape index (κ3) is 1.46. The number of hydrogen-bond acceptors (Lipinski definition) is 3. The maximum Gasteiger partial charge on any atom is 0.199 e. The summed E-state index contributed by atoms with van der Waals surface area (Å²) in [5, 5.41) is 9.44. The average Bonchev–Trinajstić information content (AvgIpc) is 2.61. The molecule has 1 atom stereocenters. The number of nitrogens with zero attached hydrogens (tertiary/aromatic N) is 3. The molecule has 1 aromatic carbocycles. The third-order valence-electron chi connectivity index (χ3n) is 2.88. The van der Waals surface area contributed by atoms with Crippen molar-refractivity contribution in [1.29, 1.82) is 5.26 Å². The number of aromatic nitrogens is 2. The lowest BCUT2D eigenvalue weighted by Gasteiger charge is -2.15. The number of hydrogen-bond donors (Lipinski definition) is 0. The van der Waals surface area contributed by atoms with Gasteiger partial charge < -0.3 is 0 Å². The maximum absolute atomic E-state index is 9.44. The molecule has 0 aliphatic heterocycles. The molecule has 88 valence electrons. The summed E-state index contributed by atoms with van der Waals surface area (Å²) in [5.74, 6) is 0. The van der Waals surface area contributed by atoms with E-state index >= 15 is 0 Å². The van der Waals surface area contributed by atoms with Crippen LogP contribution in [-0.4, -0.2) is 9.97 Å². The van der Waals surface area contributed by atoms with Crippen molar-refractivity contribution in [1.82, 2.24) is 9.97 Å². The van der Waals surface area contributed by atoms with Gasteiger partial charge in [0.25, 0.3) is 0 Å². The van der Waals surface area contributed by atoms with E-state index in [1.165, 1.54) is 6.33 Å². The number of rotatable bonds is 0. The molecule has 1 unspecified atom stereocenters. The van der Waals surface area contributed by atoms with Crippen molar-refractivity contribution in [3.8, 4) is 17.2 Å². The van der Waals surface area contributed by atoms with Crippen LogP contribution >= 0.6 is 43.5 Å². The van der Waals surface area contributed by atoms with E-state index in [0.717, 1.165) is 25.6 Å². The molecule has 0 N–H and O–H groups in total. The smallest absolute Gasteiger partial charge is 0.199 e. The van der Waals surface area contributed by atoms with Crippen LogP contribution in [0.2, 0.25) is 0 Å². The predicted molar refractivity (Wildman–Crippen MR) is 75.1 cm³/mol. The first-order valence-corrected chi connectivity index (χ1v) is 6.95. The fraction of sp³-hybridized carbons (Fsp3) is 0.0833. The van der Waals surface area contributed by atoms with E-state index in [1.807, 2.05) is 12.1 Å². The molecule has 0 saturated carbocycles. The van der Waals surface area contributed by atoms with E-state index in [1.54, 1.807) is 6.20 Å². The van der Waals surface area contributed by atoms with Gasteiger partial charge in [0.05, 0.1) is 11.8 Å². The van der Waals surface area contributed by atoms with Gasteiger partial charge in [-0.05, 0) is 17.7 Å². The van der Waals surface area contributed by atoms with E-state index < -0.39 is 4.87 Å². The summed E-state index contributed by atoms with van der Waals surface area (Å²) in [6.07, 6.45) is 3.09. The topological polar surface area (TPSA) is 49.6 Å². The molecule has 1 heterocycles. The molecule has 6 heteroatoms. The van der Waals surface area contributed by atoms with Crippen LogP contribution in [0.25, 0.3) is 11.1 Å². The molecule has 0 bridgehead atoms. The summed E-state index contributed by atoms with van der Waals surface area (Å²) >= 11 is 13.4. The monoisotopic (exact) mass is 383 g/mol. The SMILES string of the molecule is N#CC1(Cl)c2ncncc2-c2cc(Br)cc(Br)c21. The summed E-state index contributed by atoms with van der Waals surface area (Å²) in [6.45, 7) is 0. The summed E-state index contributed by atoms with van der Waals surface area (Å²) in [6, 6.07) is 5.93. The van der Waals surface area contributed by atoms with Gasteiger partial charge in [0.2, 0.25) is 0 Å². The van der Waals surface area contributed by atoms with Crippen molar-refractivity contribution < 1.29 is 0 Å². The van der Waals surface area contributed by atoms with Gasteiger partial charge in [0.1, 0.15) is 6.33 Å². The summed E-state index contributed by atoms with van der Waals surface area (Å²) in [5.41, 5.74) is 2.94. The molecule has 0 radical (unpaired) electrons. The Morgan fingerprint density at radius 3 is 2.78 bits per heavy atom. The number of benzene rings is 1. The van der Waals surface area contributed by atoms with Crippen molar-refractivity contribution >= 4 is 43.5 Å². The van der Waals surface area contributed by atoms with E-state index in [2.05, 4.69) is 47.9 Å². The van der Waals surface area contributed by atoms with Gasteiger partial charge in [-0.2, -0.15) is 5.26 Å². The minimum absolute atomic E-state index is 0.537. The van der Waals surface area contributed by atoms with Crippen LogP contribution in [0, 0.1) is 11.3 Å². The minimum Gasteiger partial charge on any atom is -0.244 e. The Bertz CT molecular complexity index is 711. The van der Waals surface area contributed by atoms with E-state index in [0.29, 0.717) is 5.69 Å². The number of nitriles is 1. The predicted octanol–water partition coefficient (Wildman–Crippen LogP) is 3.99. The molecule has 0 spiro atoms. The molecular formula is C12H4Br2ClN3. The molecule has 0 fully saturated rings. The molecule has 18 heavy (non-hydrogen) atoms. The first-order chi connectivity index (χ1) is 8.58. The highest BCUT2D eigenvalue weighted by Crippen LogP contribution is 2.53. The van der Waals surface area contributed by atoms with Crippen LogP contribution in [0.15, 0.2) is 33.6 Å². The first-order valence-electron chi connectivity index (χ1n) is 4.98.